The summed E-state index contributed by atoms with van der Waals surface area (Å²) < 4.78 is 28.2. The van der Waals surface area contributed by atoms with Crippen LogP contribution < -0.4 is 10.5 Å². The smallest absolute Gasteiger partial charge is 0.263 e. The molecule has 0 saturated carbocycles. The standard InChI is InChI=1S/C14H14BrClN2O2S/c1-8-3-5-12(17)14(9(8)2)18-21(19,20)13-6-4-10(15)7-11(13)16/h3-7,18H,17H2,1-2H3. The Morgan fingerprint density at radius 2 is 1.86 bits per heavy atom. The number of aryl methyl sites for hydroxylation is 1. The third kappa shape index (κ3) is 3.33. The molecule has 7 heteroatoms. The Morgan fingerprint density at radius 1 is 1.19 bits per heavy atom. The normalized spacial score (nSPS) is 11.4. The van der Waals surface area contributed by atoms with E-state index in [1.807, 2.05) is 19.9 Å². The third-order valence-corrected chi connectivity index (χ3v) is 5.51. The van der Waals surface area contributed by atoms with Crippen LogP contribution >= 0.6 is 27.5 Å². The van der Waals surface area contributed by atoms with Gasteiger partial charge in [0, 0.05) is 4.47 Å². The molecule has 0 aliphatic carbocycles. The Labute approximate surface area is 137 Å². The van der Waals surface area contributed by atoms with E-state index in [2.05, 4.69) is 20.7 Å². The van der Waals surface area contributed by atoms with Crippen molar-refractivity contribution in [3.8, 4) is 0 Å². The first kappa shape index (κ1) is 16.1. The van der Waals surface area contributed by atoms with Crippen LogP contribution in [0.2, 0.25) is 5.02 Å². The minimum absolute atomic E-state index is 0.00710. The van der Waals surface area contributed by atoms with Crippen molar-refractivity contribution in [3.63, 3.8) is 0 Å². The van der Waals surface area contributed by atoms with Crippen molar-refractivity contribution in [1.29, 1.82) is 0 Å². The van der Waals surface area contributed by atoms with Gasteiger partial charge in [-0.3, -0.25) is 4.72 Å². The molecule has 2 rings (SSSR count). The van der Waals surface area contributed by atoms with E-state index in [4.69, 9.17) is 17.3 Å². The SMILES string of the molecule is Cc1ccc(N)c(NS(=O)(=O)c2ccc(Br)cc2Cl)c1C. The molecular weight excluding hydrogens is 376 g/mol. The molecule has 0 aromatic heterocycles. The molecule has 0 fully saturated rings. The number of rotatable bonds is 3. The number of hydrogen-bond donors (Lipinski definition) is 2. The molecule has 4 nitrogen and oxygen atoms in total. The van der Waals surface area contributed by atoms with Crippen molar-refractivity contribution in [2.45, 2.75) is 18.7 Å². The molecule has 0 unspecified atom stereocenters. The first-order valence-electron chi connectivity index (χ1n) is 6.06. The molecule has 0 saturated heterocycles. The van der Waals surface area contributed by atoms with E-state index < -0.39 is 10.0 Å². The van der Waals surface area contributed by atoms with Gasteiger partial charge in [-0.2, -0.15) is 0 Å². The van der Waals surface area contributed by atoms with Gasteiger partial charge >= 0.3 is 0 Å². The predicted octanol–water partition coefficient (Wildman–Crippen LogP) is 4.10. The molecular formula is C14H14BrClN2O2S. The zero-order valence-electron chi connectivity index (χ0n) is 11.4. The zero-order valence-corrected chi connectivity index (χ0v) is 14.6. The van der Waals surface area contributed by atoms with E-state index in [9.17, 15) is 8.42 Å². The summed E-state index contributed by atoms with van der Waals surface area (Å²) in [5, 5.41) is 0.140. The fourth-order valence-corrected chi connectivity index (χ4v) is 4.05. The number of nitrogen functional groups attached to an aromatic ring is 1. The zero-order chi connectivity index (χ0) is 15.8. The summed E-state index contributed by atoms with van der Waals surface area (Å²) in [6.07, 6.45) is 0. The number of nitrogens with two attached hydrogens (primary N) is 1. The van der Waals surface area contributed by atoms with Gasteiger partial charge in [0.15, 0.2) is 0 Å². The summed E-state index contributed by atoms with van der Waals surface area (Å²) in [6, 6.07) is 8.10. The second-order valence-corrected chi connectivity index (χ2v) is 7.63. The van der Waals surface area contributed by atoms with Crippen LogP contribution in [0.15, 0.2) is 39.7 Å². The van der Waals surface area contributed by atoms with Gasteiger partial charge in [-0.05, 0) is 49.2 Å². The van der Waals surface area contributed by atoms with Crippen LogP contribution in [-0.2, 0) is 10.0 Å². The number of benzene rings is 2. The number of sulfonamides is 1. The summed E-state index contributed by atoms with van der Waals surface area (Å²) in [5.41, 5.74) is 8.36. The molecule has 21 heavy (non-hydrogen) atoms. The average Bonchev–Trinajstić information content (AvgIpc) is 2.39. The molecule has 2 aromatic carbocycles. The van der Waals surface area contributed by atoms with Crippen molar-refractivity contribution < 1.29 is 8.42 Å². The second kappa shape index (κ2) is 5.87. The summed E-state index contributed by atoms with van der Waals surface area (Å²) in [4.78, 5) is 0.00710. The van der Waals surface area contributed by atoms with Gasteiger partial charge < -0.3 is 5.73 Å². The Kier molecular flexibility index (Phi) is 4.51. The van der Waals surface area contributed by atoms with E-state index in [0.29, 0.717) is 15.8 Å². The molecule has 0 radical (unpaired) electrons. The molecule has 0 aliphatic rings. The van der Waals surface area contributed by atoms with E-state index in [-0.39, 0.29) is 9.92 Å². The van der Waals surface area contributed by atoms with Crippen molar-refractivity contribution in [2.75, 3.05) is 10.5 Å². The molecule has 112 valence electrons. The van der Waals surface area contributed by atoms with Crippen LogP contribution in [0.5, 0.6) is 0 Å². The Morgan fingerprint density at radius 3 is 2.48 bits per heavy atom. The molecule has 0 heterocycles. The number of nitrogens with one attached hydrogen (secondary N) is 1. The highest BCUT2D eigenvalue weighted by Crippen LogP contribution is 2.31. The minimum atomic E-state index is -3.81. The second-order valence-electron chi connectivity index (χ2n) is 4.65. The first-order chi connectivity index (χ1) is 9.72. The number of halogens is 2. The van der Waals surface area contributed by atoms with E-state index >= 15 is 0 Å². The predicted molar refractivity (Wildman–Crippen MR) is 90.3 cm³/mol. The summed E-state index contributed by atoms with van der Waals surface area (Å²) in [6.45, 7) is 3.70. The maximum Gasteiger partial charge on any atom is 0.263 e. The van der Waals surface area contributed by atoms with Gasteiger partial charge in [0.2, 0.25) is 0 Å². The molecule has 0 spiro atoms. The van der Waals surface area contributed by atoms with Gasteiger partial charge in [0.1, 0.15) is 4.90 Å². The molecule has 2 aromatic rings. The van der Waals surface area contributed by atoms with Gasteiger partial charge in [-0.15, -0.1) is 0 Å². The molecule has 0 bridgehead atoms. The fourth-order valence-electron chi connectivity index (χ4n) is 1.85. The third-order valence-electron chi connectivity index (χ3n) is 3.19. The van der Waals surface area contributed by atoms with Crippen LogP contribution in [0.25, 0.3) is 0 Å². The lowest BCUT2D eigenvalue weighted by Gasteiger charge is -2.15. The highest BCUT2D eigenvalue weighted by molar-refractivity contribution is 9.10. The highest BCUT2D eigenvalue weighted by Gasteiger charge is 2.20. The van der Waals surface area contributed by atoms with E-state index in [1.165, 1.54) is 12.1 Å². The molecule has 0 aliphatic heterocycles. The summed E-state index contributed by atoms with van der Waals surface area (Å²) >= 11 is 9.25. The Balaban J connectivity index is 2.50. The number of anilines is 2. The van der Waals surface area contributed by atoms with Crippen LogP contribution in [0.3, 0.4) is 0 Å². The van der Waals surface area contributed by atoms with E-state index in [0.717, 1.165) is 11.1 Å². The summed E-state index contributed by atoms with van der Waals surface area (Å²) in [5.74, 6) is 0. The van der Waals surface area contributed by atoms with Gasteiger partial charge in [-0.25, -0.2) is 8.42 Å². The maximum atomic E-state index is 12.5. The fraction of sp³-hybridized carbons (Fsp3) is 0.143. The highest BCUT2D eigenvalue weighted by atomic mass is 79.9. The van der Waals surface area contributed by atoms with Crippen molar-refractivity contribution >= 4 is 48.9 Å². The van der Waals surface area contributed by atoms with Crippen LogP contribution in [0, 0.1) is 13.8 Å². The maximum absolute atomic E-state index is 12.5. The largest absolute Gasteiger partial charge is 0.397 e. The Hall–Kier alpha value is -1.24. The monoisotopic (exact) mass is 388 g/mol. The minimum Gasteiger partial charge on any atom is -0.397 e. The average molecular weight is 390 g/mol. The Bertz CT molecular complexity index is 807. The van der Waals surface area contributed by atoms with Crippen molar-refractivity contribution in [3.05, 3.63) is 51.0 Å². The lowest BCUT2D eigenvalue weighted by Crippen LogP contribution is -2.16. The van der Waals surface area contributed by atoms with Crippen LogP contribution in [0.1, 0.15) is 11.1 Å². The summed E-state index contributed by atoms with van der Waals surface area (Å²) in [7, 11) is -3.81. The van der Waals surface area contributed by atoms with Gasteiger partial charge in [0.25, 0.3) is 10.0 Å². The van der Waals surface area contributed by atoms with E-state index in [1.54, 1.807) is 12.1 Å². The number of hydrogen-bond acceptors (Lipinski definition) is 3. The van der Waals surface area contributed by atoms with Crippen LogP contribution in [0.4, 0.5) is 11.4 Å². The van der Waals surface area contributed by atoms with Gasteiger partial charge in [0.05, 0.1) is 16.4 Å². The molecule has 0 amide bonds. The first-order valence-corrected chi connectivity index (χ1v) is 8.71. The van der Waals surface area contributed by atoms with Gasteiger partial charge in [-0.1, -0.05) is 33.6 Å². The molecule has 3 N–H and O–H groups in total. The topological polar surface area (TPSA) is 72.2 Å². The van der Waals surface area contributed by atoms with Crippen LogP contribution in [-0.4, -0.2) is 8.42 Å². The molecule has 0 atom stereocenters. The van der Waals surface area contributed by atoms with Crippen molar-refractivity contribution in [2.24, 2.45) is 0 Å². The van der Waals surface area contributed by atoms with Crippen molar-refractivity contribution in [1.82, 2.24) is 0 Å². The lowest BCUT2D eigenvalue weighted by molar-refractivity contribution is 0.601. The quantitative estimate of drug-likeness (QED) is 0.776. The lowest BCUT2D eigenvalue weighted by atomic mass is 10.1.